The van der Waals surface area contributed by atoms with Gasteiger partial charge in [0, 0.05) is 17.1 Å². The zero-order chi connectivity index (χ0) is 13.8. The lowest BCUT2D eigenvalue weighted by Gasteiger charge is -2.28. The van der Waals surface area contributed by atoms with Gasteiger partial charge in [0.05, 0.1) is 0 Å². The molecular weight excluding hydrogens is 262 g/mol. The number of halogens is 1. The van der Waals surface area contributed by atoms with Crippen molar-refractivity contribution in [3.05, 3.63) is 22.7 Å². The third-order valence-electron chi connectivity index (χ3n) is 3.83. The van der Waals surface area contributed by atoms with Gasteiger partial charge in [-0.15, -0.1) is 0 Å². The van der Waals surface area contributed by atoms with E-state index in [1.54, 1.807) is 0 Å². The van der Waals surface area contributed by atoms with Crippen LogP contribution in [0.3, 0.4) is 0 Å². The van der Waals surface area contributed by atoms with Gasteiger partial charge in [-0.25, -0.2) is 0 Å². The van der Waals surface area contributed by atoms with Gasteiger partial charge in [-0.3, -0.25) is 0 Å². The molecule has 1 aliphatic heterocycles. The van der Waals surface area contributed by atoms with E-state index in [9.17, 15) is 0 Å². The molecule has 0 bridgehead atoms. The largest absolute Gasteiger partial charge is 0.486 e. The number of rotatable bonds is 5. The Bertz CT molecular complexity index is 432. The molecule has 0 aromatic heterocycles. The van der Waals surface area contributed by atoms with Gasteiger partial charge in [0.2, 0.25) is 0 Å². The summed E-state index contributed by atoms with van der Waals surface area (Å²) in [4.78, 5) is 0. The van der Waals surface area contributed by atoms with Crippen LogP contribution in [0.4, 0.5) is 0 Å². The molecular formula is C15H22ClNO2. The predicted octanol–water partition coefficient (Wildman–Crippen LogP) is 3.81. The third-order valence-corrected chi connectivity index (χ3v) is 4.16. The number of hydrogen-bond acceptors (Lipinski definition) is 3. The topological polar surface area (TPSA) is 30.5 Å². The van der Waals surface area contributed by atoms with E-state index in [1.165, 1.54) is 0 Å². The lowest BCUT2D eigenvalue weighted by molar-refractivity contribution is 0.171. The fourth-order valence-electron chi connectivity index (χ4n) is 2.72. The molecule has 1 heterocycles. The zero-order valence-electron chi connectivity index (χ0n) is 11.8. The Hall–Kier alpha value is -0.930. The molecule has 0 radical (unpaired) electrons. The normalized spacial score (nSPS) is 15.6. The first-order chi connectivity index (χ1) is 9.21. The maximum Gasteiger partial charge on any atom is 0.162 e. The Morgan fingerprint density at radius 2 is 1.74 bits per heavy atom. The Morgan fingerprint density at radius 1 is 1.16 bits per heavy atom. The number of hydrogen-bond donors (Lipinski definition) is 1. The minimum atomic E-state index is 0.248. The van der Waals surface area contributed by atoms with Crippen molar-refractivity contribution in [1.82, 2.24) is 5.32 Å². The van der Waals surface area contributed by atoms with Crippen LogP contribution in [0.25, 0.3) is 0 Å². The van der Waals surface area contributed by atoms with Crippen LogP contribution >= 0.6 is 11.6 Å². The smallest absolute Gasteiger partial charge is 0.162 e. The summed E-state index contributed by atoms with van der Waals surface area (Å²) < 4.78 is 11.2. The molecule has 1 atom stereocenters. The molecule has 1 unspecified atom stereocenters. The summed E-state index contributed by atoms with van der Waals surface area (Å²) >= 11 is 6.42. The second-order valence-corrected chi connectivity index (χ2v) is 5.27. The van der Waals surface area contributed by atoms with Crippen molar-refractivity contribution < 1.29 is 9.47 Å². The molecule has 2 rings (SSSR count). The first-order valence-electron chi connectivity index (χ1n) is 6.97. The predicted molar refractivity (Wildman–Crippen MR) is 78.3 cm³/mol. The van der Waals surface area contributed by atoms with Crippen molar-refractivity contribution in [3.8, 4) is 11.5 Å². The van der Waals surface area contributed by atoms with Crippen LogP contribution in [-0.2, 0) is 0 Å². The van der Waals surface area contributed by atoms with Crippen molar-refractivity contribution in [2.45, 2.75) is 32.7 Å². The molecule has 1 aromatic carbocycles. The van der Waals surface area contributed by atoms with Crippen molar-refractivity contribution >= 4 is 11.6 Å². The molecule has 1 aliphatic rings. The second-order valence-electron chi connectivity index (χ2n) is 4.86. The van der Waals surface area contributed by atoms with E-state index in [2.05, 4.69) is 19.2 Å². The van der Waals surface area contributed by atoms with Gasteiger partial charge in [-0.2, -0.15) is 0 Å². The van der Waals surface area contributed by atoms with Crippen molar-refractivity contribution in [1.29, 1.82) is 0 Å². The van der Waals surface area contributed by atoms with Crippen molar-refractivity contribution in [2.75, 3.05) is 20.3 Å². The zero-order valence-corrected chi connectivity index (χ0v) is 12.6. The Labute approximate surface area is 120 Å². The molecule has 19 heavy (non-hydrogen) atoms. The Kier molecular flexibility index (Phi) is 4.94. The molecule has 0 spiro atoms. The van der Waals surface area contributed by atoms with E-state index in [1.807, 2.05) is 19.2 Å². The molecule has 3 nitrogen and oxygen atoms in total. The summed E-state index contributed by atoms with van der Waals surface area (Å²) in [5.74, 6) is 2.11. The summed E-state index contributed by atoms with van der Waals surface area (Å²) in [6, 6.07) is 4.15. The molecule has 4 heteroatoms. The summed E-state index contributed by atoms with van der Waals surface area (Å²) in [6.07, 6.45) is 2.24. The highest BCUT2D eigenvalue weighted by atomic mass is 35.5. The monoisotopic (exact) mass is 283 g/mol. The molecule has 0 amide bonds. The minimum Gasteiger partial charge on any atom is -0.486 e. The van der Waals surface area contributed by atoms with Gasteiger partial charge in [-0.1, -0.05) is 38.3 Å². The Balaban J connectivity index is 2.37. The van der Waals surface area contributed by atoms with Gasteiger partial charge < -0.3 is 14.8 Å². The number of nitrogens with one attached hydrogen (secondary N) is 1. The van der Waals surface area contributed by atoms with Crippen LogP contribution in [-0.4, -0.2) is 20.3 Å². The van der Waals surface area contributed by atoms with Crippen LogP contribution in [0.1, 0.15) is 38.3 Å². The molecule has 1 N–H and O–H groups in total. The van der Waals surface area contributed by atoms with Crippen LogP contribution in [0.15, 0.2) is 12.1 Å². The maximum absolute atomic E-state index is 6.42. The fourth-order valence-corrected chi connectivity index (χ4v) is 2.99. The van der Waals surface area contributed by atoms with Crippen molar-refractivity contribution in [2.24, 2.45) is 5.92 Å². The summed E-state index contributed by atoms with van der Waals surface area (Å²) in [6.45, 7) is 5.61. The number of fused-ring (bicyclic) bond motifs is 1. The highest BCUT2D eigenvalue weighted by Crippen LogP contribution is 2.40. The van der Waals surface area contributed by atoms with Gasteiger partial charge >= 0.3 is 0 Å². The summed E-state index contributed by atoms with van der Waals surface area (Å²) in [7, 11) is 1.98. The van der Waals surface area contributed by atoms with Crippen LogP contribution in [0.5, 0.6) is 11.5 Å². The van der Waals surface area contributed by atoms with E-state index in [4.69, 9.17) is 21.1 Å². The number of ether oxygens (including phenoxy) is 2. The molecule has 1 aromatic rings. The molecule has 106 valence electrons. The SMILES string of the molecule is CCC(CC)C(NC)c1cc2c(cc1Cl)OCCO2. The summed E-state index contributed by atoms with van der Waals surface area (Å²) in [5.41, 5.74) is 1.10. The first-order valence-corrected chi connectivity index (χ1v) is 7.35. The standard InChI is InChI=1S/C15H22ClNO2/c1-4-10(5-2)15(17-3)11-8-13-14(9-12(11)16)19-7-6-18-13/h8-10,15,17H,4-7H2,1-3H3. The van der Waals surface area contributed by atoms with E-state index in [0.717, 1.165) is 34.9 Å². The van der Waals surface area contributed by atoms with Gasteiger partial charge in [0.1, 0.15) is 13.2 Å². The molecule has 0 fully saturated rings. The molecule has 0 saturated heterocycles. The quantitative estimate of drug-likeness (QED) is 0.891. The van der Waals surface area contributed by atoms with E-state index in [0.29, 0.717) is 19.1 Å². The average Bonchev–Trinajstić information content (AvgIpc) is 2.44. The highest BCUT2D eigenvalue weighted by Gasteiger charge is 2.24. The van der Waals surface area contributed by atoms with Crippen LogP contribution in [0.2, 0.25) is 5.02 Å². The van der Waals surface area contributed by atoms with Crippen LogP contribution < -0.4 is 14.8 Å². The second kappa shape index (κ2) is 6.49. The van der Waals surface area contributed by atoms with E-state index < -0.39 is 0 Å². The van der Waals surface area contributed by atoms with E-state index >= 15 is 0 Å². The first kappa shape index (κ1) is 14.5. The maximum atomic E-state index is 6.42. The lowest BCUT2D eigenvalue weighted by Crippen LogP contribution is -2.25. The van der Waals surface area contributed by atoms with Gasteiger partial charge in [0.15, 0.2) is 11.5 Å². The number of benzene rings is 1. The lowest BCUT2D eigenvalue weighted by atomic mass is 9.88. The molecule has 0 aliphatic carbocycles. The third kappa shape index (κ3) is 2.98. The van der Waals surface area contributed by atoms with Crippen molar-refractivity contribution in [3.63, 3.8) is 0 Å². The average molecular weight is 284 g/mol. The molecule has 0 saturated carbocycles. The summed E-state index contributed by atoms with van der Waals surface area (Å²) in [5, 5.41) is 4.13. The minimum absolute atomic E-state index is 0.248. The van der Waals surface area contributed by atoms with E-state index in [-0.39, 0.29) is 6.04 Å². The van der Waals surface area contributed by atoms with Crippen LogP contribution in [0, 0.1) is 5.92 Å². The highest BCUT2D eigenvalue weighted by molar-refractivity contribution is 6.31. The van der Waals surface area contributed by atoms with Gasteiger partial charge in [-0.05, 0) is 24.6 Å². The van der Waals surface area contributed by atoms with Gasteiger partial charge in [0.25, 0.3) is 0 Å². The fraction of sp³-hybridized carbons (Fsp3) is 0.600. The Morgan fingerprint density at radius 3 is 2.26 bits per heavy atom.